The predicted octanol–water partition coefficient (Wildman–Crippen LogP) is 3.21. The van der Waals surface area contributed by atoms with Gasteiger partial charge in [-0.15, -0.1) is 0 Å². The summed E-state index contributed by atoms with van der Waals surface area (Å²) in [6, 6.07) is 10.6. The van der Waals surface area contributed by atoms with E-state index in [2.05, 4.69) is 31.5 Å². The number of nitrogens with one attached hydrogen (secondary N) is 2. The van der Waals surface area contributed by atoms with Crippen molar-refractivity contribution in [1.29, 1.82) is 5.26 Å². The summed E-state index contributed by atoms with van der Waals surface area (Å²) in [6.45, 7) is 0. The van der Waals surface area contributed by atoms with Crippen LogP contribution < -0.4 is 10.6 Å². The van der Waals surface area contributed by atoms with Gasteiger partial charge in [0, 0.05) is 34.7 Å². The Labute approximate surface area is 145 Å². The molecule has 0 saturated carbocycles. The van der Waals surface area contributed by atoms with Crippen LogP contribution in [0.2, 0.25) is 0 Å². The van der Waals surface area contributed by atoms with Gasteiger partial charge in [0.1, 0.15) is 17.5 Å². The number of non-ortho nitro benzene ring substituents is 1. The van der Waals surface area contributed by atoms with E-state index in [0.717, 1.165) is 4.47 Å². The molecular formula is C15H10BrN5O3. The van der Waals surface area contributed by atoms with E-state index < -0.39 is 10.8 Å². The molecule has 8 nitrogen and oxygen atoms in total. The number of rotatable bonds is 5. The van der Waals surface area contributed by atoms with Crippen molar-refractivity contribution >= 4 is 39.0 Å². The van der Waals surface area contributed by atoms with E-state index in [0.29, 0.717) is 5.82 Å². The summed E-state index contributed by atoms with van der Waals surface area (Å²) < 4.78 is 0.793. The molecule has 1 aromatic carbocycles. The Kier molecular flexibility index (Phi) is 5.59. The number of carbonyl (C=O) groups excluding carboxylic acids is 1. The number of hydrogen-bond acceptors (Lipinski definition) is 6. The molecule has 0 radical (unpaired) electrons. The molecule has 2 rings (SSSR count). The summed E-state index contributed by atoms with van der Waals surface area (Å²) >= 11 is 3.25. The highest BCUT2D eigenvalue weighted by Crippen LogP contribution is 2.17. The van der Waals surface area contributed by atoms with Crippen LogP contribution in [0.1, 0.15) is 0 Å². The molecule has 0 fully saturated rings. The second-order valence-electron chi connectivity index (χ2n) is 4.44. The number of nitrogens with zero attached hydrogens (tertiary/aromatic N) is 3. The van der Waals surface area contributed by atoms with Crippen LogP contribution >= 0.6 is 15.9 Å². The highest BCUT2D eigenvalue weighted by Gasteiger charge is 2.12. The largest absolute Gasteiger partial charge is 0.345 e. The van der Waals surface area contributed by atoms with Crippen LogP contribution in [0.3, 0.4) is 0 Å². The summed E-state index contributed by atoms with van der Waals surface area (Å²) in [5, 5.41) is 25.0. The fraction of sp³-hybridized carbons (Fsp3) is 0. The first-order valence-corrected chi connectivity index (χ1v) is 7.33. The zero-order valence-electron chi connectivity index (χ0n) is 12.1. The topological polar surface area (TPSA) is 121 Å². The molecule has 1 amide bonds. The van der Waals surface area contributed by atoms with Gasteiger partial charge in [-0.3, -0.25) is 14.9 Å². The number of nitro groups is 1. The molecule has 0 aliphatic heterocycles. The van der Waals surface area contributed by atoms with Crippen molar-refractivity contribution < 1.29 is 9.72 Å². The third kappa shape index (κ3) is 4.62. The summed E-state index contributed by atoms with van der Waals surface area (Å²) in [4.78, 5) is 26.2. The lowest BCUT2D eigenvalue weighted by Gasteiger charge is -2.05. The van der Waals surface area contributed by atoms with Crippen molar-refractivity contribution in [2.75, 3.05) is 10.6 Å². The lowest BCUT2D eigenvalue weighted by molar-refractivity contribution is -0.384. The molecule has 0 atom stereocenters. The molecule has 0 aliphatic carbocycles. The van der Waals surface area contributed by atoms with Crippen molar-refractivity contribution in [1.82, 2.24) is 4.98 Å². The fourth-order valence-corrected chi connectivity index (χ4v) is 1.89. The molecule has 0 spiro atoms. The maximum Gasteiger partial charge on any atom is 0.271 e. The average Bonchev–Trinajstić information content (AvgIpc) is 2.57. The number of hydrogen-bond donors (Lipinski definition) is 2. The van der Waals surface area contributed by atoms with E-state index in [1.54, 1.807) is 24.4 Å². The van der Waals surface area contributed by atoms with Gasteiger partial charge in [-0.1, -0.05) is 6.07 Å². The van der Waals surface area contributed by atoms with Gasteiger partial charge in [0.15, 0.2) is 0 Å². The highest BCUT2D eigenvalue weighted by molar-refractivity contribution is 9.10. The Morgan fingerprint density at radius 3 is 2.79 bits per heavy atom. The maximum atomic E-state index is 12.1. The fourth-order valence-electron chi connectivity index (χ4n) is 1.65. The van der Waals surface area contributed by atoms with Gasteiger partial charge in [0.05, 0.1) is 4.92 Å². The molecular weight excluding hydrogens is 378 g/mol. The van der Waals surface area contributed by atoms with E-state index in [1.165, 1.54) is 30.5 Å². The van der Waals surface area contributed by atoms with Gasteiger partial charge in [0.25, 0.3) is 11.6 Å². The van der Waals surface area contributed by atoms with Crippen LogP contribution in [0.15, 0.2) is 58.8 Å². The minimum absolute atomic E-state index is 0.160. The summed E-state index contributed by atoms with van der Waals surface area (Å²) in [5.74, 6) is -0.239. The second-order valence-corrected chi connectivity index (χ2v) is 5.35. The van der Waals surface area contributed by atoms with Crippen LogP contribution in [0.4, 0.5) is 17.2 Å². The first-order chi connectivity index (χ1) is 11.5. The van der Waals surface area contributed by atoms with Crippen LogP contribution in [0, 0.1) is 21.4 Å². The monoisotopic (exact) mass is 387 g/mol. The van der Waals surface area contributed by atoms with Gasteiger partial charge in [0.2, 0.25) is 0 Å². The van der Waals surface area contributed by atoms with Crippen LogP contribution in [-0.2, 0) is 4.79 Å². The lowest BCUT2D eigenvalue weighted by Crippen LogP contribution is -2.14. The first kappa shape index (κ1) is 17.1. The highest BCUT2D eigenvalue weighted by atomic mass is 79.9. The number of anilines is 2. The van der Waals surface area contributed by atoms with Gasteiger partial charge in [-0.2, -0.15) is 5.26 Å². The number of nitriles is 1. The minimum Gasteiger partial charge on any atom is -0.345 e. The molecule has 9 heteroatoms. The molecule has 24 heavy (non-hydrogen) atoms. The Bertz CT molecular complexity index is 843. The zero-order chi connectivity index (χ0) is 17.5. The molecule has 0 saturated heterocycles. The molecule has 0 unspecified atom stereocenters. The Hall–Kier alpha value is -3.25. The van der Waals surface area contributed by atoms with Crippen LogP contribution in [0.25, 0.3) is 0 Å². The molecule has 2 aromatic rings. The van der Waals surface area contributed by atoms with Gasteiger partial charge >= 0.3 is 0 Å². The van der Waals surface area contributed by atoms with E-state index in [1.807, 2.05) is 0 Å². The predicted molar refractivity (Wildman–Crippen MR) is 91.0 cm³/mol. The third-order valence-electron chi connectivity index (χ3n) is 2.77. The third-order valence-corrected chi connectivity index (χ3v) is 3.24. The van der Waals surface area contributed by atoms with Gasteiger partial charge in [-0.05, 0) is 34.1 Å². The first-order valence-electron chi connectivity index (χ1n) is 6.54. The average molecular weight is 388 g/mol. The summed E-state index contributed by atoms with van der Waals surface area (Å²) in [5.41, 5.74) is -0.143. The number of nitro benzene ring substituents is 1. The molecule has 0 aliphatic rings. The number of carbonyl (C=O) groups is 1. The van der Waals surface area contributed by atoms with Gasteiger partial charge < -0.3 is 10.6 Å². The smallest absolute Gasteiger partial charge is 0.271 e. The zero-order valence-corrected chi connectivity index (χ0v) is 13.6. The molecule has 1 heterocycles. The van der Waals surface area contributed by atoms with Crippen LogP contribution in [-0.4, -0.2) is 15.8 Å². The SMILES string of the molecule is N#C/C(=C/Nc1ccc(Br)cn1)C(=O)Nc1cccc([N+](=O)[O-])c1. The Balaban J connectivity index is 2.10. The molecule has 1 aromatic heterocycles. The normalized spacial score (nSPS) is 10.6. The Morgan fingerprint density at radius 2 is 2.17 bits per heavy atom. The number of aromatic nitrogens is 1. The number of benzene rings is 1. The standard InChI is InChI=1S/C15H10BrN5O3/c16-11-4-5-14(19-9-11)18-8-10(7-17)15(22)20-12-2-1-3-13(6-12)21(23)24/h1-6,8-9H,(H,18,19)(H,20,22)/b10-8-. The van der Waals surface area contributed by atoms with Crippen molar-refractivity contribution in [2.45, 2.75) is 0 Å². The van der Waals surface area contributed by atoms with Gasteiger partial charge in [-0.25, -0.2) is 4.98 Å². The lowest BCUT2D eigenvalue weighted by atomic mass is 10.2. The summed E-state index contributed by atoms with van der Waals surface area (Å²) in [6.07, 6.45) is 2.77. The quantitative estimate of drug-likeness (QED) is 0.351. The maximum absolute atomic E-state index is 12.1. The molecule has 120 valence electrons. The number of pyridine rings is 1. The summed E-state index contributed by atoms with van der Waals surface area (Å²) in [7, 11) is 0. The molecule has 0 bridgehead atoms. The van der Waals surface area contributed by atoms with Crippen molar-refractivity contribution in [3.63, 3.8) is 0 Å². The van der Waals surface area contributed by atoms with Crippen LogP contribution in [0.5, 0.6) is 0 Å². The van der Waals surface area contributed by atoms with E-state index in [4.69, 9.17) is 5.26 Å². The number of amides is 1. The van der Waals surface area contributed by atoms with Crippen molar-refractivity contribution in [2.24, 2.45) is 0 Å². The van der Waals surface area contributed by atoms with Crippen molar-refractivity contribution in [3.05, 3.63) is 69.0 Å². The van der Waals surface area contributed by atoms with Crippen molar-refractivity contribution in [3.8, 4) is 6.07 Å². The molecule has 2 N–H and O–H groups in total. The van der Waals surface area contributed by atoms with E-state index in [9.17, 15) is 14.9 Å². The second kappa shape index (κ2) is 7.85. The van der Waals surface area contributed by atoms with E-state index >= 15 is 0 Å². The Morgan fingerprint density at radius 1 is 1.38 bits per heavy atom. The van der Waals surface area contributed by atoms with E-state index in [-0.39, 0.29) is 16.9 Å². The number of halogens is 1. The minimum atomic E-state index is -0.692.